The third kappa shape index (κ3) is 15.3. The van der Waals surface area contributed by atoms with E-state index in [0.717, 1.165) is 12.8 Å². The zero-order valence-corrected chi connectivity index (χ0v) is 31.4. The molecule has 18 nitrogen and oxygen atoms in total. The standard InChI is InChI=1S/C34H54N8O10S/c1-19(2)27(33(49)41-28(20(3)43)32(48)36-16-14-22-9-11-23(12-10-22)42(51)52)39-34(50)29(21(4)44)40-31(47)25-18-53-17-7-5-6-8-26(45)37-24(13-15-35)30(46)38-25/h9-12,19-21,24-25,27-29,43-44H,5-8,13-18,35H2,1-4H3,(H,36,48)(H,37,45)(H,38,46)(H,39,50)(H,40,47)(H,41,49)/t20-,21-,24?,25?,27+,28+,29+/m1/s1. The van der Waals surface area contributed by atoms with Crippen molar-refractivity contribution in [2.24, 2.45) is 11.7 Å². The van der Waals surface area contributed by atoms with E-state index in [9.17, 15) is 49.1 Å². The molecule has 1 heterocycles. The van der Waals surface area contributed by atoms with Gasteiger partial charge in [-0.05, 0) is 63.3 Å². The number of carbonyl (C=O) groups excluding carboxylic acids is 6. The zero-order valence-electron chi connectivity index (χ0n) is 30.6. The van der Waals surface area contributed by atoms with Crippen LogP contribution in [0.5, 0.6) is 0 Å². The number of nitrogens with one attached hydrogen (secondary N) is 6. The maximum Gasteiger partial charge on any atom is 0.269 e. The normalized spacial score (nSPS) is 20.0. The summed E-state index contributed by atoms with van der Waals surface area (Å²) in [5.74, 6) is -3.89. The van der Waals surface area contributed by atoms with Gasteiger partial charge in [0.25, 0.3) is 5.69 Å². The second kappa shape index (κ2) is 22.7. The largest absolute Gasteiger partial charge is 0.391 e. The number of non-ortho nitro benzene ring substituents is 1. The number of hydrogen-bond donors (Lipinski definition) is 9. The van der Waals surface area contributed by atoms with Crippen LogP contribution in [0.1, 0.15) is 65.4 Å². The molecule has 0 saturated carbocycles. The molecule has 7 atom stereocenters. The molecule has 0 aromatic heterocycles. The molecule has 0 aliphatic carbocycles. The molecule has 19 heteroatoms. The van der Waals surface area contributed by atoms with Gasteiger partial charge < -0.3 is 47.8 Å². The van der Waals surface area contributed by atoms with Crippen LogP contribution in [0.3, 0.4) is 0 Å². The number of aliphatic hydroxyl groups excluding tert-OH is 2. The van der Waals surface area contributed by atoms with Crippen LogP contribution in [-0.4, -0.2) is 118 Å². The maximum atomic E-state index is 13.5. The van der Waals surface area contributed by atoms with Crippen LogP contribution in [0.25, 0.3) is 0 Å². The third-order valence-corrected chi connectivity index (χ3v) is 9.60. The monoisotopic (exact) mass is 766 g/mol. The molecule has 0 radical (unpaired) electrons. The highest BCUT2D eigenvalue weighted by atomic mass is 32.2. The SMILES string of the molecule is CC(C)[C@H](NC(=O)[C@@H](NC(=O)C1CSCCCCCC(=O)NC(CCN)C(=O)N1)[C@@H](C)O)C(=O)N[C@H](C(=O)NCCc1ccc([N+](=O)[O-])cc1)[C@@H](C)O. The number of aliphatic hydroxyl groups is 2. The number of hydrogen-bond acceptors (Lipinski definition) is 12. The first kappa shape index (κ1) is 44.8. The van der Waals surface area contributed by atoms with E-state index in [4.69, 9.17) is 5.73 Å². The van der Waals surface area contributed by atoms with E-state index in [1.165, 1.54) is 37.7 Å². The summed E-state index contributed by atoms with van der Waals surface area (Å²) in [6.07, 6.45) is 0.128. The van der Waals surface area contributed by atoms with Crippen molar-refractivity contribution in [3.05, 3.63) is 39.9 Å². The summed E-state index contributed by atoms with van der Waals surface area (Å²) in [5.41, 5.74) is 6.29. The van der Waals surface area contributed by atoms with Crippen molar-refractivity contribution in [3.8, 4) is 0 Å². The average Bonchev–Trinajstić information content (AvgIpc) is 3.10. The van der Waals surface area contributed by atoms with E-state index < -0.39 is 82.8 Å². The molecule has 0 spiro atoms. The first-order valence-corrected chi connectivity index (χ1v) is 18.9. The van der Waals surface area contributed by atoms with Crippen LogP contribution in [-0.2, 0) is 35.2 Å². The summed E-state index contributed by atoms with van der Waals surface area (Å²) < 4.78 is 0. The van der Waals surface area contributed by atoms with Crippen molar-refractivity contribution in [1.82, 2.24) is 31.9 Å². The van der Waals surface area contributed by atoms with Crippen molar-refractivity contribution in [2.45, 2.75) is 109 Å². The molecule has 0 bridgehead atoms. The highest BCUT2D eigenvalue weighted by Crippen LogP contribution is 2.14. The molecule has 53 heavy (non-hydrogen) atoms. The number of carbonyl (C=O) groups is 6. The summed E-state index contributed by atoms with van der Waals surface area (Å²) in [5, 5.41) is 47.2. The van der Waals surface area contributed by atoms with Gasteiger partial charge in [-0.3, -0.25) is 38.9 Å². The number of nitrogens with two attached hydrogens (primary N) is 1. The van der Waals surface area contributed by atoms with E-state index in [-0.39, 0.29) is 43.3 Å². The Hall–Kier alpha value is -4.33. The molecule has 2 unspecified atom stereocenters. The van der Waals surface area contributed by atoms with Gasteiger partial charge in [0, 0.05) is 30.9 Å². The summed E-state index contributed by atoms with van der Waals surface area (Å²) in [7, 11) is 0. The summed E-state index contributed by atoms with van der Waals surface area (Å²) in [4.78, 5) is 89.3. The van der Waals surface area contributed by atoms with Crippen LogP contribution in [0.2, 0.25) is 0 Å². The zero-order chi connectivity index (χ0) is 39.7. The Kier molecular flexibility index (Phi) is 19.2. The Morgan fingerprint density at radius 1 is 0.906 bits per heavy atom. The molecule has 6 amide bonds. The van der Waals surface area contributed by atoms with Gasteiger partial charge in [0.15, 0.2) is 0 Å². The van der Waals surface area contributed by atoms with Crippen molar-refractivity contribution in [3.63, 3.8) is 0 Å². The molecule has 1 aliphatic rings. The predicted octanol–water partition coefficient (Wildman–Crippen LogP) is -1.25. The van der Waals surface area contributed by atoms with Gasteiger partial charge in [-0.15, -0.1) is 0 Å². The van der Waals surface area contributed by atoms with Crippen molar-refractivity contribution in [2.75, 3.05) is 24.6 Å². The summed E-state index contributed by atoms with van der Waals surface area (Å²) in [6.45, 7) is 6.02. The topological polar surface area (TPSA) is 284 Å². The van der Waals surface area contributed by atoms with E-state index in [1.807, 2.05) is 0 Å². The van der Waals surface area contributed by atoms with Crippen LogP contribution in [0.15, 0.2) is 24.3 Å². The Balaban J connectivity index is 2.12. The second-order valence-electron chi connectivity index (χ2n) is 13.3. The van der Waals surface area contributed by atoms with Gasteiger partial charge in [-0.1, -0.05) is 32.4 Å². The van der Waals surface area contributed by atoms with Crippen LogP contribution in [0, 0.1) is 16.0 Å². The molecule has 2 rings (SSSR count). The highest BCUT2D eigenvalue weighted by Gasteiger charge is 2.36. The van der Waals surface area contributed by atoms with E-state index in [0.29, 0.717) is 24.2 Å². The van der Waals surface area contributed by atoms with Crippen LogP contribution >= 0.6 is 11.8 Å². The van der Waals surface area contributed by atoms with Crippen molar-refractivity contribution >= 4 is 52.9 Å². The van der Waals surface area contributed by atoms with Gasteiger partial charge in [0.1, 0.15) is 30.2 Å². The highest BCUT2D eigenvalue weighted by molar-refractivity contribution is 7.99. The predicted molar refractivity (Wildman–Crippen MR) is 197 cm³/mol. The second-order valence-corrected chi connectivity index (χ2v) is 14.4. The van der Waals surface area contributed by atoms with Crippen LogP contribution < -0.4 is 37.6 Å². The first-order chi connectivity index (χ1) is 25.0. The molecular formula is C34H54N8O10S. The molecule has 1 aliphatic heterocycles. The van der Waals surface area contributed by atoms with Gasteiger partial charge in [-0.25, -0.2) is 0 Å². The fourth-order valence-electron chi connectivity index (χ4n) is 5.33. The Morgan fingerprint density at radius 3 is 2.09 bits per heavy atom. The fourth-order valence-corrected chi connectivity index (χ4v) is 6.38. The van der Waals surface area contributed by atoms with E-state index >= 15 is 0 Å². The number of rotatable bonds is 16. The van der Waals surface area contributed by atoms with Gasteiger partial charge in [-0.2, -0.15) is 11.8 Å². The number of amides is 6. The van der Waals surface area contributed by atoms with Gasteiger partial charge in [0.05, 0.1) is 17.1 Å². The minimum Gasteiger partial charge on any atom is -0.391 e. The van der Waals surface area contributed by atoms with Crippen molar-refractivity contribution < 1.29 is 43.9 Å². The third-order valence-electron chi connectivity index (χ3n) is 8.45. The minimum absolute atomic E-state index is 0.0768. The summed E-state index contributed by atoms with van der Waals surface area (Å²) >= 11 is 1.41. The Bertz CT molecular complexity index is 1410. The first-order valence-electron chi connectivity index (χ1n) is 17.7. The number of benzene rings is 1. The molecule has 1 saturated heterocycles. The van der Waals surface area contributed by atoms with Gasteiger partial charge >= 0.3 is 0 Å². The molecule has 1 fully saturated rings. The smallest absolute Gasteiger partial charge is 0.269 e. The minimum atomic E-state index is -1.56. The molecule has 1 aromatic rings. The Labute approximate surface area is 313 Å². The number of nitro groups is 1. The number of thioether (sulfide) groups is 1. The number of nitro benzene ring substituents is 1. The molecular weight excluding hydrogens is 712 g/mol. The average molecular weight is 767 g/mol. The van der Waals surface area contributed by atoms with Gasteiger partial charge in [0.2, 0.25) is 35.4 Å². The molecule has 296 valence electrons. The molecule has 1 aromatic carbocycles. The van der Waals surface area contributed by atoms with E-state index in [1.54, 1.807) is 26.0 Å². The molecule has 10 N–H and O–H groups in total. The van der Waals surface area contributed by atoms with Crippen LogP contribution in [0.4, 0.5) is 5.69 Å². The summed E-state index contributed by atoms with van der Waals surface area (Å²) in [6, 6.07) is -0.579. The lowest BCUT2D eigenvalue weighted by molar-refractivity contribution is -0.384. The fraction of sp³-hybridized carbons (Fsp3) is 0.647. The lowest BCUT2D eigenvalue weighted by Gasteiger charge is -2.29. The van der Waals surface area contributed by atoms with Crippen molar-refractivity contribution in [1.29, 1.82) is 0 Å². The van der Waals surface area contributed by atoms with E-state index in [2.05, 4.69) is 31.9 Å². The lowest BCUT2D eigenvalue weighted by Crippen LogP contribution is -2.63. The maximum absolute atomic E-state index is 13.5. The quantitative estimate of drug-likeness (QED) is 0.0705. The Morgan fingerprint density at radius 2 is 1.51 bits per heavy atom. The number of nitrogens with zero attached hydrogens (tertiary/aromatic N) is 1. The lowest BCUT2D eigenvalue weighted by atomic mass is 10.0.